The molecule has 24 heavy (non-hydrogen) atoms. The Balaban J connectivity index is 1.62. The number of carbonyl (C=O) groups excluding carboxylic acids is 2. The third-order valence-corrected chi connectivity index (χ3v) is 5.01. The van der Waals surface area contributed by atoms with Crippen molar-refractivity contribution in [1.82, 2.24) is 5.32 Å². The van der Waals surface area contributed by atoms with Crippen LogP contribution in [0, 0.1) is 12.3 Å². The molecule has 0 bridgehead atoms. The maximum absolute atomic E-state index is 12.6. The molecular weight excluding hydrogens is 368 g/mol. The van der Waals surface area contributed by atoms with E-state index in [0.717, 1.165) is 10.0 Å². The molecule has 2 amide bonds. The Morgan fingerprint density at radius 3 is 2.33 bits per heavy atom. The number of carbonyl (C=O) groups is 2. The average molecular weight is 387 g/mol. The van der Waals surface area contributed by atoms with Crippen LogP contribution in [-0.4, -0.2) is 11.8 Å². The lowest BCUT2D eigenvalue weighted by Crippen LogP contribution is -2.39. The van der Waals surface area contributed by atoms with Crippen molar-refractivity contribution in [3.63, 3.8) is 0 Å². The smallest absolute Gasteiger partial charge is 0.240 e. The Kier molecular flexibility index (Phi) is 4.71. The Hall–Kier alpha value is -2.14. The van der Waals surface area contributed by atoms with Crippen LogP contribution in [-0.2, 0) is 16.1 Å². The number of benzene rings is 2. The second-order valence-electron chi connectivity index (χ2n) is 6.18. The summed E-state index contributed by atoms with van der Waals surface area (Å²) in [6.07, 6.45) is 1.17. The first-order chi connectivity index (χ1) is 11.5. The van der Waals surface area contributed by atoms with Gasteiger partial charge in [0.05, 0.1) is 5.69 Å². The fourth-order valence-corrected chi connectivity index (χ4v) is 2.93. The highest BCUT2D eigenvalue weighted by molar-refractivity contribution is 9.10. The molecule has 0 saturated heterocycles. The summed E-state index contributed by atoms with van der Waals surface area (Å²) in [5.74, 6) is -0.441. The first-order valence-corrected chi connectivity index (χ1v) is 8.70. The molecule has 124 valence electrons. The second-order valence-corrected chi connectivity index (χ2v) is 7.04. The lowest BCUT2D eigenvalue weighted by molar-refractivity contribution is -0.134. The lowest BCUT2D eigenvalue weighted by Gasteiger charge is -2.16. The number of hydrogen-bond donors (Lipinski definition) is 2. The molecule has 0 unspecified atom stereocenters. The Morgan fingerprint density at radius 2 is 1.71 bits per heavy atom. The van der Waals surface area contributed by atoms with Crippen molar-refractivity contribution in [1.29, 1.82) is 0 Å². The van der Waals surface area contributed by atoms with E-state index in [1.807, 2.05) is 55.5 Å². The predicted molar refractivity (Wildman–Crippen MR) is 97.5 cm³/mol. The lowest BCUT2D eigenvalue weighted by atomic mass is 10.0. The van der Waals surface area contributed by atoms with Crippen LogP contribution in [0.2, 0.25) is 0 Å². The zero-order chi connectivity index (χ0) is 17.2. The van der Waals surface area contributed by atoms with E-state index in [0.29, 0.717) is 25.1 Å². The van der Waals surface area contributed by atoms with Crippen molar-refractivity contribution in [3.8, 4) is 0 Å². The molecule has 2 aromatic rings. The third kappa shape index (κ3) is 3.51. The summed E-state index contributed by atoms with van der Waals surface area (Å²) in [6, 6.07) is 15.4. The number of aryl methyl sites for hydroxylation is 1. The first kappa shape index (κ1) is 16.7. The summed E-state index contributed by atoms with van der Waals surface area (Å²) >= 11 is 3.40. The van der Waals surface area contributed by atoms with E-state index < -0.39 is 5.41 Å². The highest BCUT2D eigenvalue weighted by atomic mass is 79.9. The second kappa shape index (κ2) is 6.77. The molecular formula is C19H19BrN2O2. The summed E-state index contributed by atoms with van der Waals surface area (Å²) < 4.78 is 0.800. The van der Waals surface area contributed by atoms with Gasteiger partial charge in [-0.1, -0.05) is 42.0 Å². The van der Waals surface area contributed by atoms with Crippen LogP contribution >= 0.6 is 15.9 Å². The molecule has 0 aliphatic heterocycles. The molecule has 1 fully saturated rings. The maximum Gasteiger partial charge on any atom is 0.240 e. The van der Waals surface area contributed by atoms with Crippen LogP contribution in [0.5, 0.6) is 0 Å². The Bertz CT molecular complexity index is 767. The molecule has 1 saturated carbocycles. The molecule has 0 atom stereocenters. The molecule has 0 aromatic heterocycles. The van der Waals surface area contributed by atoms with Gasteiger partial charge in [0, 0.05) is 11.0 Å². The molecule has 0 radical (unpaired) electrons. The topological polar surface area (TPSA) is 58.2 Å². The fourth-order valence-electron chi connectivity index (χ4n) is 2.54. The van der Waals surface area contributed by atoms with E-state index in [9.17, 15) is 9.59 Å². The van der Waals surface area contributed by atoms with Gasteiger partial charge in [-0.25, -0.2) is 0 Å². The van der Waals surface area contributed by atoms with Crippen molar-refractivity contribution >= 4 is 33.4 Å². The molecule has 0 heterocycles. The zero-order valence-corrected chi connectivity index (χ0v) is 15.0. The number of para-hydroxylation sites is 1. The van der Waals surface area contributed by atoms with Gasteiger partial charge in [0.25, 0.3) is 0 Å². The SMILES string of the molecule is Cc1ccc(CNC(=O)C2(C(=O)Nc3ccccc3Br)CC2)cc1. The Labute approximate surface area is 149 Å². The minimum atomic E-state index is -0.931. The quantitative estimate of drug-likeness (QED) is 0.767. The van der Waals surface area contributed by atoms with Crippen LogP contribution in [0.25, 0.3) is 0 Å². The van der Waals surface area contributed by atoms with Crippen LogP contribution < -0.4 is 10.6 Å². The van der Waals surface area contributed by atoms with Crippen LogP contribution in [0.4, 0.5) is 5.69 Å². The standard InChI is InChI=1S/C19H19BrN2O2/c1-13-6-8-14(9-7-13)12-21-17(23)19(10-11-19)18(24)22-16-5-3-2-4-15(16)20/h2-9H,10-12H2,1H3,(H,21,23)(H,22,24). The molecule has 5 heteroatoms. The summed E-state index contributed by atoms with van der Waals surface area (Å²) in [5.41, 5.74) is 1.95. The number of amides is 2. The minimum absolute atomic E-state index is 0.201. The van der Waals surface area contributed by atoms with Crippen molar-refractivity contribution in [3.05, 3.63) is 64.1 Å². The number of rotatable bonds is 5. The van der Waals surface area contributed by atoms with Gasteiger partial charge in [-0.05, 0) is 53.4 Å². The highest BCUT2D eigenvalue weighted by Crippen LogP contribution is 2.47. The van der Waals surface area contributed by atoms with Gasteiger partial charge in [0.1, 0.15) is 5.41 Å². The zero-order valence-electron chi connectivity index (χ0n) is 13.4. The van der Waals surface area contributed by atoms with Gasteiger partial charge < -0.3 is 10.6 Å². The molecule has 2 N–H and O–H groups in total. The third-order valence-electron chi connectivity index (χ3n) is 4.32. The van der Waals surface area contributed by atoms with Crippen molar-refractivity contribution in [2.75, 3.05) is 5.32 Å². The summed E-state index contributed by atoms with van der Waals surface area (Å²) in [7, 11) is 0. The molecule has 1 aliphatic rings. The number of hydrogen-bond acceptors (Lipinski definition) is 2. The van der Waals surface area contributed by atoms with E-state index in [-0.39, 0.29) is 11.8 Å². The number of halogens is 1. The van der Waals surface area contributed by atoms with Crippen LogP contribution in [0.3, 0.4) is 0 Å². The van der Waals surface area contributed by atoms with E-state index in [4.69, 9.17) is 0 Å². The number of nitrogens with one attached hydrogen (secondary N) is 2. The van der Waals surface area contributed by atoms with Crippen molar-refractivity contribution < 1.29 is 9.59 Å². The van der Waals surface area contributed by atoms with E-state index in [1.54, 1.807) is 0 Å². The molecule has 4 nitrogen and oxygen atoms in total. The summed E-state index contributed by atoms with van der Waals surface area (Å²) in [4.78, 5) is 25.1. The van der Waals surface area contributed by atoms with Crippen molar-refractivity contribution in [2.24, 2.45) is 5.41 Å². The predicted octanol–water partition coefficient (Wildman–Crippen LogP) is 3.79. The van der Waals surface area contributed by atoms with Gasteiger partial charge >= 0.3 is 0 Å². The van der Waals surface area contributed by atoms with Gasteiger partial charge in [-0.3, -0.25) is 9.59 Å². The van der Waals surface area contributed by atoms with Gasteiger partial charge in [0.2, 0.25) is 11.8 Å². The van der Waals surface area contributed by atoms with Gasteiger partial charge in [-0.2, -0.15) is 0 Å². The first-order valence-electron chi connectivity index (χ1n) is 7.91. The minimum Gasteiger partial charge on any atom is -0.351 e. The summed E-state index contributed by atoms with van der Waals surface area (Å²) in [5, 5.41) is 5.74. The molecule has 3 rings (SSSR count). The summed E-state index contributed by atoms with van der Waals surface area (Å²) in [6.45, 7) is 2.46. The largest absolute Gasteiger partial charge is 0.351 e. The maximum atomic E-state index is 12.6. The molecule has 0 spiro atoms. The number of anilines is 1. The van der Waals surface area contributed by atoms with E-state index in [1.165, 1.54) is 5.56 Å². The van der Waals surface area contributed by atoms with E-state index in [2.05, 4.69) is 26.6 Å². The van der Waals surface area contributed by atoms with Gasteiger partial charge in [0.15, 0.2) is 0 Å². The van der Waals surface area contributed by atoms with Crippen molar-refractivity contribution in [2.45, 2.75) is 26.3 Å². The molecule has 2 aromatic carbocycles. The average Bonchev–Trinajstić information content (AvgIpc) is 3.38. The van der Waals surface area contributed by atoms with Crippen LogP contribution in [0.15, 0.2) is 53.0 Å². The Morgan fingerprint density at radius 1 is 1.04 bits per heavy atom. The molecule has 1 aliphatic carbocycles. The normalized spacial score (nSPS) is 14.8. The fraction of sp³-hybridized carbons (Fsp3) is 0.263. The monoisotopic (exact) mass is 386 g/mol. The highest BCUT2D eigenvalue weighted by Gasteiger charge is 2.56. The van der Waals surface area contributed by atoms with Gasteiger partial charge in [-0.15, -0.1) is 0 Å². The van der Waals surface area contributed by atoms with E-state index >= 15 is 0 Å². The van der Waals surface area contributed by atoms with Crippen LogP contribution in [0.1, 0.15) is 24.0 Å².